The lowest BCUT2D eigenvalue weighted by Crippen LogP contribution is -2.32. The molecule has 0 bridgehead atoms. The van der Waals surface area contributed by atoms with Crippen molar-refractivity contribution in [2.75, 3.05) is 25.7 Å². The summed E-state index contributed by atoms with van der Waals surface area (Å²) in [6, 6.07) is 3.86. The molecule has 102 valence electrons. The number of hydrogen-bond acceptors (Lipinski definition) is 4. The largest absolute Gasteiger partial charge is 0.376 e. The van der Waals surface area contributed by atoms with Crippen LogP contribution < -0.4 is 0 Å². The molecule has 1 saturated heterocycles. The van der Waals surface area contributed by atoms with E-state index in [-0.39, 0.29) is 6.10 Å². The molecule has 0 aromatic carbocycles. The van der Waals surface area contributed by atoms with Crippen LogP contribution in [0.3, 0.4) is 0 Å². The Balaban J connectivity index is 1.92. The Labute approximate surface area is 116 Å². The van der Waals surface area contributed by atoms with Crippen molar-refractivity contribution in [3.63, 3.8) is 0 Å². The number of aromatic nitrogens is 3. The van der Waals surface area contributed by atoms with Gasteiger partial charge in [0.25, 0.3) is 0 Å². The van der Waals surface area contributed by atoms with Gasteiger partial charge in [0.05, 0.1) is 32.5 Å². The van der Waals surface area contributed by atoms with E-state index in [1.54, 1.807) is 6.20 Å². The van der Waals surface area contributed by atoms with Crippen LogP contribution in [0, 0.1) is 0 Å². The second-order valence-corrected chi connectivity index (χ2v) is 4.87. The molecule has 1 aliphatic heterocycles. The van der Waals surface area contributed by atoms with E-state index >= 15 is 0 Å². The minimum Gasteiger partial charge on any atom is -0.376 e. The average molecular weight is 282 g/mol. The summed E-state index contributed by atoms with van der Waals surface area (Å²) in [5, 5.41) is 0. The van der Waals surface area contributed by atoms with Gasteiger partial charge in [0, 0.05) is 18.5 Å². The maximum Gasteiger partial charge on any atom is 0.160 e. The zero-order valence-electron chi connectivity index (χ0n) is 10.6. The standard InChI is InChI=1S/C13H16ClN3O2/c14-4-3-12-16-11-2-1-5-15-13(11)17(12)8-10-9-18-6-7-19-10/h1-2,5,10H,3-4,6-9H2. The van der Waals surface area contributed by atoms with E-state index in [2.05, 4.69) is 14.5 Å². The van der Waals surface area contributed by atoms with E-state index < -0.39 is 0 Å². The van der Waals surface area contributed by atoms with Crippen LogP contribution in [0.25, 0.3) is 11.2 Å². The van der Waals surface area contributed by atoms with E-state index in [1.807, 2.05) is 12.1 Å². The number of fused-ring (bicyclic) bond motifs is 1. The SMILES string of the molecule is ClCCc1nc2cccnc2n1CC1COCCO1. The van der Waals surface area contributed by atoms with Crippen LogP contribution in [0.15, 0.2) is 18.3 Å². The van der Waals surface area contributed by atoms with Crippen molar-refractivity contribution < 1.29 is 9.47 Å². The molecule has 0 saturated carbocycles. The monoisotopic (exact) mass is 281 g/mol. The molecule has 19 heavy (non-hydrogen) atoms. The maximum absolute atomic E-state index is 5.85. The molecule has 3 rings (SSSR count). The highest BCUT2D eigenvalue weighted by molar-refractivity contribution is 6.17. The van der Waals surface area contributed by atoms with Gasteiger partial charge >= 0.3 is 0 Å². The molecule has 2 aromatic rings. The van der Waals surface area contributed by atoms with Crippen molar-refractivity contribution in [2.24, 2.45) is 0 Å². The smallest absolute Gasteiger partial charge is 0.160 e. The van der Waals surface area contributed by atoms with Gasteiger partial charge in [0.15, 0.2) is 5.65 Å². The molecule has 1 fully saturated rings. The van der Waals surface area contributed by atoms with Gasteiger partial charge in [-0.1, -0.05) is 0 Å². The summed E-state index contributed by atoms with van der Waals surface area (Å²) in [7, 11) is 0. The van der Waals surface area contributed by atoms with Crippen LogP contribution in [0.4, 0.5) is 0 Å². The average Bonchev–Trinajstić information content (AvgIpc) is 2.79. The topological polar surface area (TPSA) is 49.2 Å². The molecule has 1 unspecified atom stereocenters. The summed E-state index contributed by atoms with van der Waals surface area (Å²) in [6.45, 7) is 2.65. The Morgan fingerprint density at radius 1 is 1.42 bits per heavy atom. The van der Waals surface area contributed by atoms with Crippen LogP contribution in [-0.4, -0.2) is 46.3 Å². The predicted octanol–water partition coefficient (Wildman–Crippen LogP) is 1.63. The highest BCUT2D eigenvalue weighted by Crippen LogP contribution is 2.16. The molecule has 1 aliphatic rings. The van der Waals surface area contributed by atoms with Crippen molar-refractivity contribution in [1.29, 1.82) is 0 Å². The van der Waals surface area contributed by atoms with Crippen LogP contribution in [0.2, 0.25) is 0 Å². The Morgan fingerprint density at radius 2 is 2.37 bits per heavy atom. The summed E-state index contributed by atoms with van der Waals surface area (Å²) < 4.78 is 13.2. The molecule has 0 spiro atoms. The highest BCUT2D eigenvalue weighted by Gasteiger charge is 2.19. The Bertz CT molecular complexity index is 552. The lowest BCUT2D eigenvalue weighted by molar-refractivity contribution is -0.0934. The molecule has 0 aliphatic carbocycles. The van der Waals surface area contributed by atoms with Crippen molar-refractivity contribution in [2.45, 2.75) is 19.1 Å². The van der Waals surface area contributed by atoms with E-state index in [0.29, 0.717) is 32.2 Å². The fourth-order valence-electron chi connectivity index (χ4n) is 2.32. The second kappa shape index (κ2) is 5.86. The number of rotatable bonds is 4. The maximum atomic E-state index is 5.85. The van der Waals surface area contributed by atoms with Crippen LogP contribution >= 0.6 is 11.6 Å². The third-order valence-electron chi connectivity index (χ3n) is 3.17. The number of ether oxygens (including phenoxy) is 2. The van der Waals surface area contributed by atoms with Crippen LogP contribution in [0.1, 0.15) is 5.82 Å². The summed E-state index contributed by atoms with van der Waals surface area (Å²) in [5.41, 5.74) is 1.79. The molecule has 0 amide bonds. The molecular formula is C13H16ClN3O2. The van der Waals surface area contributed by atoms with E-state index in [9.17, 15) is 0 Å². The number of imidazole rings is 1. The normalized spacial score (nSPS) is 19.9. The minimum atomic E-state index is 0.0576. The first-order chi connectivity index (χ1) is 9.38. The third-order valence-corrected chi connectivity index (χ3v) is 3.36. The minimum absolute atomic E-state index is 0.0576. The molecule has 5 nitrogen and oxygen atoms in total. The van der Waals surface area contributed by atoms with Crippen molar-refractivity contribution in [1.82, 2.24) is 14.5 Å². The summed E-state index contributed by atoms with van der Waals surface area (Å²) in [6.07, 6.45) is 2.57. The first-order valence-corrected chi connectivity index (χ1v) is 6.97. The van der Waals surface area contributed by atoms with Gasteiger partial charge in [0.1, 0.15) is 11.3 Å². The van der Waals surface area contributed by atoms with E-state index in [0.717, 1.165) is 23.4 Å². The third kappa shape index (κ3) is 2.73. The van der Waals surface area contributed by atoms with Crippen molar-refractivity contribution >= 4 is 22.8 Å². The van der Waals surface area contributed by atoms with Gasteiger partial charge in [-0.3, -0.25) is 0 Å². The molecule has 3 heterocycles. The molecule has 2 aromatic heterocycles. The van der Waals surface area contributed by atoms with Gasteiger partial charge < -0.3 is 14.0 Å². The first kappa shape index (κ1) is 12.8. The zero-order valence-corrected chi connectivity index (χ0v) is 11.3. The Hall–Kier alpha value is -1.17. The summed E-state index contributed by atoms with van der Waals surface area (Å²) in [5.74, 6) is 1.50. The van der Waals surface area contributed by atoms with Crippen LogP contribution in [0.5, 0.6) is 0 Å². The zero-order chi connectivity index (χ0) is 13.1. The van der Waals surface area contributed by atoms with Crippen LogP contribution in [-0.2, 0) is 22.4 Å². The Morgan fingerprint density at radius 3 is 3.16 bits per heavy atom. The van der Waals surface area contributed by atoms with Gasteiger partial charge in [-0.25, -0.2) is 9.97 Å². The van der Waals surface area contributed by atoms with Gasteiger partial charge in [-0.15, -0.1) is 11.6 Å². The Kier molecular flexibility index (Phi) is 3.96. The predicted molar refractivity (Wildman–Crippen MR) is 72.5 cm³/mol. The number of halogens is 1. The number of aryl methyl sites for hydroxylation is 1. The highest BCUT2D eigenvalue weighted by atomic mass is 35.5. The number of alkyl halides is 1. The fraction of sp³-hybridized carbons (Fsp3) is 0.538. The van der Waals surface area contributed by atoms with E-state index in [4.69, 9.17) is 21.1 Å². The molecule has 0 N–H and O–H groups in total. The molecule has 1 atom stereocenters. The van der Waals surface area contributed by atoms with Crippen molar-refractivity contribution in [3.8, 4) is 0 Å². The summed E-state index contributed by atoms with van der Waals surface area (Å²) in [4.78, 5) is 9.00. The molecule has 0 radical (unpaired) electrons. The fourth-order valence-corrected chi connectivity index (χ4v) is 2.49. The van der Waals surface area contributed by atoms with E-state index in [1.165, 1.54) is 0 Å². The molecular weight excluding hydrogens is 266 g/mol. The molecule has 6 heteroatoms. The lowest BCUT2D eigenvalue weighted by atomic mass is 10.3. The quantitative estimate of drug-likeness (QED) is 0.799. The van der Waals surface area contributed by atoms with Crippen molar-refractivity contribution in [3.05, 3.63) is 24.2 Å². The van der Waals surface area contributed by atoms with Gasteiger partial charge in [0.2, 0.25) is 0 Å². The van der Waals surface area contributed by atoms with Gasteiger partial charge in [-0.2, -0.15) is 0 Å². The summed E-state index contributed by atoms with van der Waals surface area (Å²) >= 11 is 5.85. The first-order valence-electron chi connectivity index (χ1n) is 6.44. The number of hydrogen-bond donors (Lipinski definition) is 0. The number of pyridine rings is 1. The van der Waals surface area contributed by atoms with Gasteiger partial charge in [-0.05, 0) is 12.1 Å². The number of nitrogens with zero attached hydrogens (tertiary/aromatic N) is 3. The lowest BCUT2D eigenvalue weighted by Gasteiger charge is -2.24. The second-order valence-electron chi connectivity index (χ2n) is 4.49.